The fourth-order valence-corrected chi connectivity index (χ4v) is 27.8. The highest BCUT2D eigenvalue weighted by Crippen LogP contribution is 2.45. The van der Waals surface area contributed by atoms with Crippen molar-refractivity contribution in [2.75, 3.05) is 26.3 Å². The summed E-state index contributed by atoms with van der Waals surface area (Å²) in [5.41, 5.74) is 2.78. The molecular formula is C86H108N18O20Si2. The van der Waals surface area contributed by atoms with E-state index in [4.69, 9.17) is 71.8 Å². The summed E-state index contributed by atoms with van der Waals surface area (Å²) in [4.78, 5) is 137. The monoisotopic (exact) mass is 1770 g/mol. The standard InChI is InChI=1S/C86H108N18O20Si2/c1-47(2)125(48(3)4,49(5)6)123-45-67-85-103-65(43-121-85)83-101-59(41-119-83)77-93-55(33-111-77)71(107)89-53(75-97-63(37-115-75)81-99-61(39-117-81)79-95-57(35-113-79)73(109)91-67)27-23-25-31-87-69(105)29-21-19-17-15-13-14-16-18-20-22-30-70(106)88-32-26-24-28-54-76-98-64(38-116-76)82-100-62(40-118-82)80-96-58(36-114-80)74(110)92-68(46-124-126(50(7)8,51(9)10)52(11)12)86-104-66(44-122-86)84-102-60(42-120-84)78-94-56(34-112-78)72(108)90-54/h33-44,47-54,67-68H,13-32,45-46H2,1-12H3,(H,87,105)(H,88,106)(H,89,107)(H,90,108)(H,91,109)(H,92,110)/t53-,54-,67-,68-/m0/s1. The molecule has 2 aliphatic rings. The first kappa shape index (κ1) is 90.0. The second-order valence-corrected chi connectivity index (χ2v) is 44.6. The molecule has 12 aromatic heterocycles. The van der Waals surface area contributed by atoms with Gasteiger partial charge in [0.2, 0.25) is 82.5 Å². The summed E-state index contributed by atoms with van der Waals surface area (Å²) in [6.07, 6.45) is 29.1. The number of oxazole rings is 12. The summed E-state index contributed by atoms with van der Waals surface area (Å²) < 4.78 is 84.1. The zero-order valence-electron chi connectivity index (χ0n) is 72.8. The Hall–Kier alpha value is -12.3. The number of nitrogens with one attached hydrogen (secondary N) is 6. The van der Waals surface area contributed by atoms with Crippen molar-refractivity contribution >= 4 is 52.1 Å². The SMILES string of the molecule is CC(C)[Si](OC[C@@H]1NC(=O)c2coc(n2)-c2coc(n2)-c2coc(n2)[C@H](CCCCNC(=O)CCCCCCCCCCCCC(=O)NCCCC[C@@H]2NC(=O)c3coc(n3)-c3coc(n3)-c3coc(n3)[C@H](CO[Si](C(C)C)(C(C)C)C(C)C)NC(=O)c3coc(n3)-c3coc(n3)-c3coc2n3)NC(=O)c2coc(n2)-c2coc(n2)-c2coc1n2)(C(C)C)C(C)C. The molecule has 40 heteroatoms. The molecule has 0 radical (unpaired) electrons. The first-order valence-corrected chi connectivity index (χ1v) is 47.6. The van der Waals surface area contributed by atoms with Crippen molar-refractivity contribution in [2.45, 2.75) is 256 Å². The lowest BCUT2D eigenvalue weighted by Crippen LogP contribution is -2.49. The topological polar surface area (TPSA) is 505 Å². The van der Waals surface area contributed by atoms with E-state index in [1.165, 1.54) is 75.2 Å². The Balaban J connectivity index is 0.492. The van der Waals surface area contributed by atoms with Crippen LogP contribution in [-0.4, -0.2) is 138 Å². The number of rotatable bonds is 35. The van der Waals surface area contributed by atoms with Crippen LogP contribution in [0.5, 0.6) is 0 Å². The van der Waals surface area contributed by atoms with Gasteiger partial charge in [0.15, 0.2) is 85.0 Å². The van der Waals surface area contributed by atoms with Gasteiger partial charge in [-0.3, -0.25) is 28.8 Å². The Kier molecular flexibility index (Phi) is 29.1. The average molecular weight is 1770 g/mol. The third-order valence-electron chi connectivity index (χ3n) is 23.2. The third-order valence-corrected chi connectivity index (χ3v) is 35.3. The van der Waals surface area contributed by atoms with Crippen molar-refractivity contribution < 1.29 is 90.6 Å². The van der Waals surface area contributed by atoms with Gasteiger partial charge in [-0.1, -0.05) is 134 Å². The van der Waals surface area contributed by atoms with E-state index >= 15 is 0 Å². The molecule has 0 aromatic carbocycles. The van der Waals surface area contributed by atoms with Crippen molar-refractivity contribution in [1.29, 1.82) is 0 Å². The summed E-state index contributed by atoms with van der Waals surface area (Å²) in [6, 6.07) is -3.32. The van der Waals surface area contributed by atoms with Gasteiger partial charge in [-0.15, -0.1) is 0 Å². The summed E-state index contributed by atoms with van der Waals surface area (Å²) in [5.74, 6) is -1.65. The normalized spacial score (nSPS) is 15.9. The van der Waals surface area contributed by atoms with Gasteiger partial charge in [0, 0.05) is 25.9 Å². The number of hydrogen-bond donors (Lipinski definition) is 6. The molecule has 0 spiro atoms. The zero-order chi connectivity index (χ0) is 88.8. The highest BCUT2D eigenvalue weighted by atomic mass is 28.4. The van der Waals surface area contributed by atoms with E-state index in [2.05, 4.69) is 165 Å². The number of amides is 6. The Morgan fingerprint density at radius 3 is 0.746 bits per heavy atom. The van der Waals surface area contributed by atoms with Crippen molar-refractivity contribution in [3.63, 3.8) is 0 Å². The fraction of sp³-hybridized carbons (Fsp3) is 0.512. The van der Waals surface area contributed by atoms with Crippen LogP contribution in [0.15, 0.2) is 128 Å². The Bertz CT molecular complexity index is 5240. The Labute approximate surface area is 727 Å². The molecule has 670 valence electrons. The average Bonchev–Trinajstić information content (AvgIpc) is 1.78. The number of nitrogens with zero attached hydrogens (tertiary/aromatic N) is 12. The lowest BCUT2D eigenvalue weighted by atomic mass is 10.0. The van der Waals surface area contributed by atoms with E-state index in [-0.39, 0.29) is 197 Å². The van der Waals surface area contributed by atoms with Gasteiger partial charge in [0.05, 0.1) is 13.2 Å². The van der Waals surface area contributed by atoms with E-state index in [0.717, 1.165) is 64.2 Å². The van der Waals surface area contributed by atoms with E-state index < -0.39 is 64.4 Å². The minimum Gasteiger partial charge on any atom is -0.446 e. The van der Waals surface area contributed by atoms with Gasteiger partial charge in [-0.25, -0.2) is 59.8 Å². The van der Waals surface area contributed by atoms with Gasteiger partial charge >= 0.3 is 0 Å². The first-order chi connectivity index (χ1) is 60.8. The van der Waals surface area contributed by atoms with E-state index in [1.807, 2.05) is 0 Å². The molecule has 0 unspecified atom stereocenters. The highest BCUT2D eigenvalue weighted by molar-refractivity contribution is 6.78. The predicted octanol–water partition coefficient (Wildman–Crippen LogP) is 17.7. The van der Waals surface area contributed by atoms with Crippen LogP contribution in [0.3, 0.4) is 0 Å². The lowest BCUT2D eigenvalue weighted by Gasteiger charge is -2.42. The molecule has 0 saturated carbocycles. The summed E-state index contributed by atoms with van der Waals surface area (Å²) in [7, 11) is -4.91. The molecule has 6 amide bonds. The van der Waals surface area contributed by atoms with Crippen LogP contribution >= 0.6 is 0 Å². The number of fused-ring (bicyclic) bond motifs is 32. The smallest absolute Gasteiger partial charge is 0.273 e. The number of hydrogen-bond acceptors (Lipinski definition) is 32. The first-order valence-electron chi connectivity index (χ1n) is 43.3. The van der Waals surface area contributed by atoms with Gasteiger partial charge < -0.3 is 93.8 Å². The second-order valence-electron chi connectivity index (χ2n) is 33.7. The lowest BCUT2D eigenvalue weighted by molar-refractivity contribution is -0.122. The molecule has 14 heterocycles. The van der Waals surface area contributed by atoms with Crippen LogP contribution in [0, 0.1) is 0 Å². The zero-order valence-corrected chi connectivity index (χ0v) is 74.8. The number of aromatic nitrogens is 12. The minimum atomic E-state index is -2.46. The van der Waals surface area contributed by atoms with Gasteiger partial charge in [0.25, 0.3) is 23.6 Å². The van der Waals surface area contributed by atoms with Crippen LogP contribution in [0.4, 0.5) is 0 Å². The van der Waals surface area contributed by atoms with E-state index in [1.54, 1.807) is 0 Å². The van der Waals surface area contributed by atoms with Gasteiger partial charge in [-0.05, 0) is 84.6 Å². The molecule has 126 heavy (non-hydrogen) atoms. The number of unbranched alkanes of at least 4 members (excludes halogenated alkanes) is 11. The maximum atomic E-state index is 14.0. The maximum Gasteiger partial charge on any atom is 0.273 e. The van der Waals surface area contributed by atoms with Gasteiger partial charge in [0.1, 0.15) is 99.3 Å². The summed E-state index contributed by atoms with van der Waals surface area (Å²) in [6.45, 7) is 26.9. The maximum absolute atomic E-state index is 14.0. The molecule has 14 rings (SSSR count). The molecule has 12 aromatic rings. The second kappa shape index (κ2) is 40.8. The third kappa shape index (κ3) is 21.1. The number of carbonyl (C=O) groups is 6. The predicted molar refractivity (Wildman–Crippen MR) is 454 cm³/mol. The van der Waals surface area contributed by atoms with Crippen molar-refractivity contribution in [1.82, 2.24) is 91.7 Å². The molecule has 6 N–H and O–H groups in total. The molecule has 0 fully saturated rings. The molecule has 4 atom stereocenters. The molecule has 24 bridgehead atoms. The largest absolute Gasteiger partial charge is 0.446 e. The van der Waals surface area contributed by atoms with Crippen LogP contribution in [-0.2, 0) is 18.4 Å². The van der Waals surface area contributed by atoms with Crippen molar-refractivity contribution in [3.05, 3.63) is 121 Å². The molecule has 2 aliphatic heterocycles. The van der Waals surface area contributed by atoms with Crippen molar-refractivity contribution in [3.8, 4) is 92.7 Å². The van der Waals surface area contributed by atoms with Gasteiger partial charge in [-0.2, -0.15) is 0 Å². The fourth-order valence-electron chi connectivity index (χ4n) is 16.9. The molecule has 0 aliphatic carbocycles. The van der Waals surface area contributed by atoms with Crippen molar-refractivity contribution in [2.24, 2.45) is 0 Å². The number of carbonyl (C=O) groups excluding carboxylic acids is 6. The minimum absolute atomic E-state index is 0.00273. The van der Waals surface area contributed by atoms with E-state index in [9.17, 15) is 28.8 Å². The summed E-state index contributed by atoms with van der Waals surface area (Å²) >= 11 is 0. The molecule has 0 saturated heterocycles. The van der Waals surface area contributed by atoms with Crippen LogP contribution < -0.4 is 31.9 Å². The molecular weight excluding hydrogens is 1660 g/mol. The van der Waals surface area contributed by atoms with Crippen LogP contribution in [0.25, 0.3) is 92.7 Å². The van der Waals surface area contributed by atoms with Crippen LogP contribution in [0.1, 0.15) is 288 Å². The summed E-state index contributed by atoms with van der Waals surface area (Å²) in [5, 5.41) is 18.0. The van der Waals surface area contributed by atoms with E-state index in [0.29, 0.717) is 64.5 Å². The van der Waals surface area contributed by atoms with Crippen LogP contribution in [0.2, 0.25) is 33.2 Å². The Morgan fingerprint density at radius 1 is 0.286 bits per heavy atom. The Morgan fingerprint density at radius 2 is 0.492 bits per heavy atom. The quantitative estimate of drug-likeness (QED) is 0.0159. The molecule has 38 nitrogen and oxygen atoms in total. The highest BCUT2D eigenvalue weighted by Gasteiger charge is 2.48.